The van der Waals surface area contributed by atoms with Crippen LogP contribution in [-0.4, -0.2) is 30.4 Å². The molecule has 5 nitrogen and oxygen atoms in total. The lowest BCUT2D eigenvalue weighted by Crippen LogP contribution is -2.30. The maximum atomic E-state index is 13.1. The average molecular weight is 449 g/mol. The standard InChI is InChI=1S/C20H21BrN2O3S/c1-26-16-7-6-13(21)11-14(16)15-3-2-10-23(15)20(25)17-8-9-18(27-17)22-19(24)12-4-5-12/h6-9,11-12,15H,2-5,10H2,1H3,(H,22,24). The lowest BCUT2D eigenvalue weighted by molar-refractivity contribution is -0.117. The molecule has 1 saturated carbocycles. The van der Waals surface area contributed by atoms with Gasteiger partial charge in [-0.2, -0.15) is 0 Å². The first-order valence-corrected chi connectivity index (χ1v) is 10.7. The van der Waals surface area contributed by atoms with Crippen molar-refractivity contribution in [3.63, 3.8) is 0 Å². The smallest absolute Gasteiger partial charge is 0.264 e. The molecule has 1 aromatic carbocycles. The fourth-order valence-corrected chi connectivity index (χ4v) is 4.77. The Kier molecular flexibility index (Phi) is 5.23. The van der Waals surface area contributed by atoms with E-state index in [1.165, 1.54) is 11.3 Å². The number of likely N-dealkylation sites (tertiary alicyclic amines) is 1. The summed E-state index contributed by atoms with van der Waals surface area (Å²) >= 11 is 4.87. The molecule has 1 N–H and O–H groups in total. The molecule has 1 unspecified atom stereocenters. The number of anilines is 1. The Bertz CT molecular complexity index is 878. The number of amides is 2. The maximum absolute atomic E-state index is 13.1. The normalized spacial score (nSPS) is 19.2. The van der Waals surface area contributed by atoms with Crippen LogP contribution in [0.3, 0.4) is 0 Å². The van der Waals surface area contributed by atoms with E-state index in [4.69, 9.17) is 4.74 Å². The van der Waals surface area contributed by atoms with Gasteiger partial charge < -0.3 is 15.0 Å². The predicted molar refractivity (Wildman–Crippen MR) is 109 cm³/mol. The van der Waals surface area contributed by atoms with Gasteiger partial charge in [0.25, 0.3) is 5.91 Å². The molecule has 2 aromatic rings. The molecule has 1 atom stereocenters. The summed E-state index contributed by atoms with van der Waals surface area (Å²) in [6, 6.07) is 9.53. The molecular weight excluding hydrogens is 428 g/mol. The molecule has 2 aliphatic rings. The largest absolute Gasteiger partial charge is 0.496 e. The molecule has 142 valence electrons. The molecule has 0 bridgehead atoms. The van der Waals surface area contributed by atoms with Crippen molar-refractivity contribution in [2.24, 2.45) is 5.92 Å². The van der Waals surface area contributed by atoms with Crippen molar-refractivity contribution >= 4 is 44.1 Å². The topological polar surface area (TPSA) is 58.6 Å². The summed E-state index contributed by atoms with van der Waals surface area (Å²) in [4.78, 5) is 27.6. The third kappa shape index (κ3) is 3.89. The Balaban J connectivity index is 1.53. The Morgan fingerprint density at radius 3 is 2.78 bits per heavy atom. The first-order valence-electron chi connectivity index (χ1n) is 9.12. The first-order chi connectivity index (χ1) is 13.1. The Morgan fingerprint density at radius 1 is 1.22 bits per heavy atom. The molecular formula is C20H21BrN2O3S. The van der Waals surface area contributed by atoms with Crippen molar-refractivity contribution in [2.75, 3.05) is 19.0 Å². The van der Waals surface area contributed by atoms with E-state index in [1.807, 2.05) is 35.2 Å². The minimum Gasteiger partial charge on any atom is -0.496 e. The number of nitrogens with zero attached hydrogens (tertiary/aromatic N) is 1. The molecule has 1 aromatic heterocycles. The average Bonchev–Trinajstić information content (AvgIpc) is 3.23. The van der Waals surface area contributed by atoms with Crippen molar-refractivity contribution < 1.29 is 14.3 Å². The lowest BCUT2D eigenvalue weighted by atomic mass is 10.0. The molecule has 0 spiro atoms. The fourth-order valence-electron chi connectivity index (χ4n) is 3.53. The molecule has 2 heterocycles. The highest BCUT2D eigenvalue weighted by Crippen LogP contribution is 2.40. The second-order valence-electron chi connectivity index (χ2n) is 6.97. The number of hydrogen-bond acceptors (Lipinski definition) is 4. The summed E-state index contributed by atoms with van der Waals surface area (Å²) in [5, 5.41) is 3.66. The highest BCUT2D eigenvalue weighted by atomic mass is 79.9. The van der Waals surface area contributed by atoms with Crippen LogP contribution in [0, 0.1) is 5.92 Å². The minimum atomic E-state index is -0.00319. The number of carbonyl (C=O) groups is 2. The van der Waals surface area contributed by atoms with Gasteiger partial charge in [-0.25, -0.2) is 0 Å². The van der Waals surface area contributed by atoms with Gasteiger partial charge in [0.05, 0.1) is 23.0 Å². The van der Waals surface area contributed by atoms with E-state index >= 15 is 0 Å². The van der Waals surface area contributed by atoms with Crippen LogP contribution >= 0.6 is 27.3 Å². The zero-order valence-electron chi connectivity index (χ0n) is 15.0. The number of halogens is 1. The van der Waals surface area contributed by atoms with E-state index in [0.717, 1.165) is 53.0 Å². The molecule has 0 radical (unpaired) electrons. The first kappa shape index (κ1) is 18.5. The Hall–Kier alpha value is -1.86. The molecule has 2 amide bonds. The molecule has 1 aliphatic heterocycles. The quantitative estimate of drug-likeness (QED) is 0.711. The number of thiophene rings is 1. The Morgan fingerprint density at radius 2 is 2.04 bits per heavy atom. The second-order valence-corrected chi connectivity index (χ2v) is 8.97. The van der Waals surface area contributed by atoms with Crippen molar-refractivity contribution in [2.45, 2.75) is 31.7 Å². The third-order valence-electron chi connectivity index (χ3n) is 5.08. The van der Waals surface area contributed by atoms with E-state index < -0.39 is 0 Å². The zero-order valence-corrected chi connectivity index (χ0v) is 17.4. The van der Waals surface area contributed by atoms with Gasteiger partial charge in [-0.3, -0.25) is 9.59 Å². The summed E-state index contributed by atoms with van der Waals surface area (Å²) in [5.41, 5.74) is 1.02. The van der Waals surface area contributed by atoms with Gasteiger partial charge in [0.15, 0.2) is 0 Å². The summed E-state index contributed by atoms with van der Waals surface area (Å²) in [5.74, 6) is 1.02. The summed E-state index contributed by atoms with van der Waals surface area (Å²) < 4.78 is 6.49. The SMILES string of the molecule is COc1ccc(Br)cc1C1CCCN1C(=O)c1ccc(NC(=O)C2CC2)s1. The van der Waals surface area contributed by atoms with Crippen LogP contribution in [0.1, 0.15) is 47.0 Å². The number of rotatable bonds is 5. The van der Waals surface area contributed by atoms with Gasteiger partial charge in [0.2, 0.25) is 5.91 Å². The lowest BCUT2D eigenvalue weighted by Gasteiger charge is -2.26. The Labute approximate surface area is 170 Å². The van der Waals surface area contributed by atoms with Crippen LogP contribution in [0.25, 0.3) is 0 Å². The number of benzene rings is 1. The van der Waals surface area contributed by atoms with Crippen molar-refractivity contribution in [3.05, 3.63) is 45.2 Å². The van der Waals surface area contributed by atoms with Crippen LogP contribution in [0.4, 0.5) is 5.00 Å². The van der Waals surface area contributed by atoms with E-state index in [1.54, 1.807) is 7.11 Å². The van der Waals surface area contributed by atoms with Crippen LogP contribution < -0.4 is 10.1 Å². The van der Waals surface area contributed by atoms with Crippen molar-refractivity contribution in [3.8, 4) is 5.75 Å². The van der Waals surface area contributed by atoms with Gasteiger partial charge in [-0.15, -0.1) is 11.3 Å². The van der Waals surface area contributed by atoms with Crippen LogP contribution in [0.15, 0.2) is 34.8 Å². The van der Waals surface area contributed by atoms with E-state index in [-0.39, 0.29) is 23.8 Å². The van der Waals surface area contributed by atoms with Crippen LogP contribution in [0.5, 0.6) is 5.75 Å². The minimum absolute atomic E-state index is 0.00319. The molecule has 7 heteroatoms. The molecule has 1 aliphatic carbocycles. The maximum Gasteiger partial charge on any atom is 0.264 e. The van der Waals surface area contributed by atoms with Gasteiger partial charge >= 0.3 is 0 Å². The summed E-state index contributed by atoms with van der Waals surface area (Å²) in [6.07, 6.45) is 3.80. The van der Waals surface area contributed by atoms with E-state index in [0.29, 0.717) is 4.88 Å². The second kappa shape index (κ2) is 7.64. The van der Waals surface area contributed by atoms with Gasteiger partial charge in [0.1, 0.15) is 5.75 Å². The molecule has 4 rings (SSSR count). The van der Waals surface area contributed by atoms with E-state index in [9.17, 15) is 9.59 Å². The van der Waals surface area contributed by atoms with E-state index in [2.05, 4.69) is 21.2 Å². The fraction of sp³-hybridized carbons (Fsp3) is 0.400. The number of carbonyl (C=O) groups excluding carboxylic acids is 2. The number of ether oxygens (including phenoxy) is 1. The monoisotopic (exact) mass is 448 g/mol. The number of hydrogen-bond donors (Lipinski definition) is 1. The highest BCUT2D eigenvalue weighted by molar-refractivity contribution is 9.10. The predicted octanol–water partition coefficient (Wildman–Crippen LogP) is 4.85. The van der Waals surface area contributed by atoms with Crippen LogP contribution in [-0.2, 0) is 4.79 Å². The third-order valence-corrected chi connectivity index (χ3v) is 6.56. The molecule has 2 fully saturated rings. The summed E-state index contributed by atoms with van der Waals surface area (Å²) in [6.45, 7) is 0.723. The van der Waals surface area contributed by atoms with Crippen molar-refractivity contribution in [1.29, 1.82) is 0 Å². The van der Waals surface area contributed by atoms with Crippen LogP contribution in [0.2, 0.25) is 0 Å². The highest BCUT2D eigenvalue weighted by Gasteiger charge is 2.34. The van der Waals surface area contributed by atoms with Gasteiger partial charge in [-0.1, -0.05) is 15.9 Å². The van der Waals surface area contributed by atoms with Crippen molar-refractivity contribution in [1.82, 2.24) is 4.90 Å². The number of nitrogens with one attached hydrogen (secondary N) is 1. The number of methoxy groups -OCH3 is 1. The summed E-state index contributed by atoms with van der Waals surface area (Å²) in [7, 11) is 1.65. The van der Waals surface area contributed by atoms with Gasteiger partial charge in [0, 0.05) is 22.5 Å². The van der Waals surface area contributed by atoms with Gasteiger partial charge in [-0.05, 0) is 56.0 Å². The zero-order chi connectivity index (χ0) is 19.0. The molecule has 27 heavy (non-hydrogen) atoms. The molecule has 1 saturated heterocycles.